The summed E-state index contributed by atoms with van der Waals surface area (Å²) in [7, 11) is 1.87. The Labute approximate surface area is 170 Å². The van der Waals surface area contributed by atoms with E-state index in [2.05, 4.69) is 5.32 Å². The summed E-state index contributed by atoms with van der Waals surface area (Å²) >= 11 is 0. The molecular weight excluding hydrogens is 368 g/mol. The molecule has 0 radical (unpaired) electrons. The lowest BCUT2D eigenvalue weighted by atomic mass is 9.89. The van der Waals surface area contributed by atoms with Gasteiger partial charge in [0.15, 0.2) is 0 Å². The maximum Gasteiger partial charge on any atom is 0.270 e. The Morgan fingerprint density at radius 3 is 2.45 bits per heavy atom. The molecule has 7 heteroatoms. The van der Waals surface area contributed by atoms with E-state index in [0.717, 1.165) is 5.56 Å². The molecule has 0 unspecified atom stereocenters. The molecule has 29 heavy (non-hydrogen) atoms. The molecule has 1 aromatic heterocycles. The molecule has 7 nitrogen and oxygen atoms in total. The van der Waals surface area contributed by atoms with Crippen molar-refractivity contribution in [3.63, 3.8) is 0 Å². The van der Waals surface area contributed by atoms with Crippen molar-refractivity contribution in [2.24, 2.45) is 18.9 Å². The predicted octanol–water partition coefficient (Wildman–Crippen LogP) is 1.43. The Bertz CT molecular complexity index is 923. The molecular formula is C22H26N4O3. The number of carbonyl (C=O) groups excluding carboxylic acids is 3. The molecule has 2 saturated heterocycles. The van der Waals surface area contributed by atoms with Crippen molar-refractivity contribution in [3.8, 4) is 0 Å². The minimum Gasteiger partial charge on any atom is -0.347 e. The number of hydrogen-bond donors (Lipinski definition) is 1. The Hall–Kier alpha value is -3.09. The second-order valence-corrected chi connectivity index (χ2v) is 7.95. The summed E-state index contributed by atoms with van der Waals surface area (Å²) in [5.74, 6) is 0.153. The second-order valence-electron chi connectivity index (χ2n) is 7.95. The minimum absolute atomic E-state index is 0.00407. The molecule has 0 bridgehead atoms. The molecule has 3 atom stereocenters. The molecule has 1 aromatic carbocycles. The van der Waals surface area contributed by atoms with Crippen LogP contribution in [0.3, 0.4) is 0 Å². The summed E-state index contributed by atoms with van der Waals surface area (Å²) in [5.41, 5.74) is 1.75. The third-order valence-corrected chi connectivity index (χ3v) is 6.06. The van der Waals surface area contributed by atoms with Crippen LogP contribution < -0.4 is 5.32 Å². The number of nitrogens with one attached hydrogen (secondary N) is 1. The van der Waals surface area contributed by atoms with Crippen molar-refractivity contribution in [3.05, 3.63) is 59.9 Å². The van der Waals surface area contributed by atoms with Gasteiger partial charge < -0.3 is 19.7 Å². The average molecular weight is 394 g/mol. The standard InChI is InChI=1S/C22H26N4O3/c1-15(27)23-11-20(28)26-13-17-12-25(22(29)19-9-6-10-24(19)2)14-18(17)21(26)16-7-4-3-5-8-16/h3-10,17-18,21H,11-14H2,1-2H3,(H,23,27)/t17-,18-,21+/m0/s1. The summed E-state index contributed by atoms with van der Waals surface area (Å²) in [6, 6.07) is 13.6. The van der Waals surface area contributed by atoms with E-state index in [-0.39, 0.29) is 42.1 Å². The van der Waals surface area contributed by atoms with Gasteiger partial charge in [0.2, 0.25) is 11.8 Å². The van der Waals surface area contributed by atoms with E-state index in [9.17, 15) is 14.4 Å². The zero-order valence-corrected chi connectivity index (χ0v) is 16.7. The van der Waals surface area contributed by atoms with Gasteiger partial charge in [0.25, 0.3) is 5.91 Å². The van der Waals surface area contributed by atoms with Crippen LogP contribution in [0.25, 0.3) is 0 Å². The lowest BCUT2D eigenvalue weighted by molar-refractivity contribution is -0.133. The van der Waals surface area contributed by atoms with Crippen LogP contribution in [0.1, 0.15) is 29.0 Å². The number of likely N-dealkylation sites (tertiary alicyclic amines) is 2. The molecule has 3 amide bonds. The lowest BCUT2D eigenvalue weighted by Gasteiger charge is -2.30. The molecule has 2 fully saturated rings. The normalized spacial score (nSPS) is 23.2. The lowest BCUT2D eigenvalue weighted by Crippen LogP contribution is -2.42. The van der Waals surface area contributed by atoms with Gasteiger partial charge in [-0.1, -0.05) is 30.3 Å². The molecule has 2 aliphatic heterocycles. The summed E-state index contributed by atoms with van der Waals surface area (Å²) in [6.45, 7) is 3.28. The van der Waals surface area contributed by atoms with E-state index in [0.29, 0.717) is 25.3 Å². The van der Waals surface area contributed by atoms with E-state index in [1.165, 1.54) is 6.92 Å². The van der Waals surface area contributed by atoms with Crippen LogP contribution in [-0.2, 0) is 16.6 Å². The quantitative estimate of drug-likeness (QED) is 0.853. The number of benzene rings is 1. The Morgan fingerprint density at radius 2 is 1.79 bits per heavy atom. The van der Waals surface area contributed by atoms with Crippen molar-refractivity contribution >= 4 is 17.7 Å². The van der Waals surface area contributed by atoms with Gasteiger partial charge >= 0.3 is 0 Å². The van der Waals surface area contributed by atoms with Crippen LogP contribution in [0.5, 0.6) is 0 Å². The number of carbonyl (C=O) groups is 3. The fraction of sp³-hybridized carbons (Fsp3) is 0.409. The molecule has 0 spiro atoms. The van der Waals surface area contributed by atoms with Gasteiger partial charge in [-0.05, 0) is 17.7 Å². The van der Waals surface area contributed by atoms with Crippen molar-refractivity contribution in [2.45, 2.75) is 13.0 Å². The number of amides is 3. The Balaban J connectivity index is 1.56. The van der Waals surface area contributed by atoms with Crippen LogP contribution in [-0.4, -0.2) is 58.3 Å². The number of aromatic nitrogens is 1. The monoisotopic (exact) mass is 394 g/mol. The van der Waals surface area contributed by atoms with Crippen molar-refractivity contribution in [1.82, 2.24) is 19.7 Å². The zero-order valence-electron chi connectivity index (χ0n) is 16.7. The van der Waals surface area contributed by atoms with Gasteiger partial charge in [-0.3, -0.25) is 14.4 Å². The molecule has 0 aliphatic carbocycles. The maximum atomic E-state index is 13.0. The predicted molar refractivity (Wildman–Crippen MR) is 108 cm³/mol. The third-order valence-electron chi connectivity index (χ3n) is 6.06. The summed E-state index contributed by atoms with van der Waals surface area (Å²) in [5, 5.41) is 2.61. The molecule has 1 N–H and O–H groups in total. The minimum atomic E-state index is -0.214. The number of aryl methyl sites for hydroxylation is 1. The van der Waals surface area contributed by atoms with Crippen LogP contribution in [0.2, 0.25) is 0 Å². The number of nitrogens with zero attached hydrogens (tertiary/aromatic N) is 3. The average Bonchev–Trinajstić information content (AvgIpc) is 3.40. The fourth-order valence-corrected chi connectivity index (χ4v) is 4.69. The molecule has 2 aliphatic rings. The smallest absolute Gasteiger partial charge is 0.270 e. The molecule has 2 aromatic rings. The summed E-state index contributed by atoms with van der Waals surface area (Å²) in [6.07, 6.45) is 1.87. The topological polar surface area (TPSA) is 74.7 Å². The van der Waals surface area contributed by atoms with E-state index >= 15 is 0 Å². The van der Waals surface area contributed by atoms with Crippen molar-refractivity contribution in [2.75, 3.05) is 26.2 Å². The third kappa shape index (κ3) is 3.64. The van der Waals surface area contributed by atoms with E-state index in [1.807, 2.05) is 70.1 Å². The first-order valence-corrected chi connectivity index (χ1v) is 9.95. The summed E-state index contributed by atoms with van der Waals surface area (Å²) < 4.78 is 1.84. The number of fused-ring (bicyclic) bond motifs is 1. The van der Waals surface area contributed by atoms with Crippen molar-refractivity contribution in [1.29, 1.82) is 0 Å². The highest BCUT2D eigenvalue weighted by Crippen LogP contribution is 2.45. The summed E-state index contributed by atoms with van der Waals surface area (Å²) in [4.78, 5) is 40.8. The Kier molecular flexibility index (Phi) is 5.13. The number of rotatable bonds is 4. The van der Waals surface area contributed by atoms with Crippen LogP contribution in [0.15, 0.2) is 48.7 Å². The van der Waals surface area contributed by atoms with Gasteiger partial charge in [-0.25, -0.2) is 0 Å². The molecule has 152 valence electrons. The van der Waals surface area contributed by atoms with Crippen LogP contribution >= 0.6 is 0 Å². The van der Waals surface area contributed by atoms with Gasteiger partial charge in [0.05, 0.1) is 12.6 Å². The second kappa shape index (κ2) is 7.73. The number of hydrogen-bond acceptors (Lipinski definition) is 3. The Morgan fingerprint density at radius 1 is 1.03 bits per heavy atom. The van der Waals surface area contributed by atoms with E-state index in [4.69, 9.17) is 0 Å². The highest BCUT2D eigenvalue weighted by Gasteiger charge is 2.50. The van der Waals surface area contributed by atoms with E-state index in [1.54, 1.807) is 0 Å². The first-order chi connectivity index (χ1) is 14.0. The molecule has 3 heterocycles. The highest BCUT2D eigenvalue weighted by atomic mass is 16.2. The highest BCUT2D eigenvalue weighted by molar-refractivity contribution is 5.93. The first-order valence-electron chi connectivity index (χ1n) is 9.95. The van der Waals surface area contributed by atoms with Gasteiger partial charge in [-0.15, -0.1) is 0 Å². The van der Waals surface area contributed by atoms with Gasteiger partial charge in [-0.2, -0.15) is 0 Å². The first kappa shape index (κ1) is 19.2. The molecule has 0 saturated carbocycles. The van der Waals surface area contributed by atoms with Crippen molar-refractivity contribution < 1.29 is 14.4 Å². The van der Waals surface area contributed by atoms with Crippen LogP contribution in [0.4, 0.5) is 0 Å². The molecule has 4 rings (SSSR count). The largest absolute Gasteiger partial charge is 0.347 e. The van der Waals surface area contributed by atoms with Gasteiger partial charge in [0, 0.05) is 51.6 Å². The van der Waals surface area contributed by atoms with Gasteiger partial charge in [0.1, 0.15) is 5.69 Å². The van der Waals surface area contributed by atoms with E-state index < -0.39 is 0 Å². The SMILES string of the molecule is CC(=O)NCC(=O)N1C[C@@H]2CN(C(=O)c3cccn3C)C[C@@H]2[C@H]1c1ccccc1. The fourth-order valence-electron chi connectivity index (χ4n) is 4.69. The maximum absolute atomic E-state index is 13.0. The van der Waals surface area contributed by atoms with Crippen LogP contribution in [0, 0.1) is 11.8 Å². The zero-order chi connectivity index (χ0) is 20.5.